The summed E-state index contributed by atoms with van der Waals surface area (Å²) in [5.74, 6) is 0.232. The molecule has 0 N–H and O–H groups in total. The van der Waals surface area contributed by atoms with Crippen molar-refractivity contribution in [1.29, 1.82) is 0 Å². The summed E-state index contributed by atoms with van der Waals surface area (Å²) in [5, 5.41) is 4.97. The molecule has 0 saturated carbocycles. The normalized spacial score (nSPS) is 11.0. The van der Waals surface area contributed by atoms with Crippen molar-refractivity contribution in [3.05, 3.63) is 58.0 Å². The van der Waals surface area contributed by atoms with Gasteiger partial charge in [0.1, 0.15) is 5.58 Å². The number of rotatable bonds is 5. The predicted molar refractivity (Wildman–Crippen MR) is 87.0 cm³/mol. The standard InChI is InChI=1S/C17H17NO3S/c1-18(9-12-7-8-22-11-12)17(19)16-14(10-20-2)13-5-3-4-6-15(13)21-16/h3-8,11H,9-10H2,1-2H3. The molecule has 0 fully saturated rings. The summed E-state index contributed by atoms with van der Waals surface area (Å²) >= 11 is 1.62. The summed E-state index contributed by atoms with van der Waals surface area (Å²) in [5.41, 5.74) is 2.63. The van der Waals surface area contributed by atoms with Gasteiger partial charge in [0.05, 0.1) is 6.61 Å². The number of hydrogen-bond acceptors (Lipinski definition) is 4. The van der Waals surface area contributed by atoms with E-state index >= 15 is 0 Å². The molecule has 1 aromatic carbocycles. The minimum Gasteiger partial charge on any atom is -0.451 e. The summed E-state index contributed by atoms with van der Waals surface area (Å²) in [7, 11) is 3.40. The molecule has 0 aliphatic rings. The van der Waals surface area contributed by atoms with Crippen LogP contribution in [0.1, 0.15) is 21.7 Å². The molecule has 114 valence electrons. The molecule has 0 radical (unpaired) electrons. The maximum absolute atomic E-state index is 12.7. The Hall–Kier alpha value is -2.11. The van der Waals surface area contributed by atoms with Gasteiger partial charge in [-0.15, -0.1) is 0 Å². The molecular formula is C17H17NO3S. The van der Waals surface area contributed by atoms with Gasteiger partial charge < -0.3 is 14.1 Å². The molecular weight excluding hydrogens is 298 g/mol. The fraction of sp³-hybridized carbons (Fsp3) is 0.235. The van der Waals surface area contributed by atoms with Gasteiger partial charge >= 0.3 is 0 Å². The van der Waals surface area contributed by atoms with Gasteiger partial charge in [-0.05, 0) is 28.5 Å². The smallest absolute Gasteiger partial charge is 0.290 e. The Kier molecular flexibility index (Phi) is 4.27. The van der Waals surface area contributed by atoms with E-state index in [0.717, 1.165) is 16.5 Å². The fourth-order valence-electron chi connectivity index (χ4n) is 2.46. The largest absolute Gasteiger partial charge is 0.451 e. The number of carbonyl (C=O) groups is 1. The van der Waals surface area contributed by atoms with Crippen LogP contribution >= 0.6 is 11.3 Å². The Morgan fingerprint density at radius 2 is 2.14 bits per heavy atom. The zero-order valence-corrected chi connectivity index (χ0v) is 13.4. The molecule has 3 rings (SSSR count). The number of carbonyl (C=O) groups excluding carboxylic acids is 1. The molecule has 5 heteroatoms. The first-order valence-corrected chi connectivity index (χ1v) is 7.91. The number of furan rings is 1. The quantitative estimate of drug-likeness (QED) is 0.717. The lowest BCUT2D eigenvalue weighted by Crippen LogP contribution is -2.26. The molecule has 2 aromatic heterocycles. The SMILES string of the molecule is COCc1c(C(=O)N(C)Cc2ccsc2)oc2ccccc12. The van der Waals surface area contributed by atoms with E-state index in [0.29, 0.717) is 24.5 Å². The Balaban J connectivity index is 1.94. The lowest BCUT2D eigenvalue weighted by molar-refractivity contribution is 0.0749. The number of para-hydroxylation sites is 1. The molecule has 0 aliphatic heterocycles. The minimum absolute atomic E-state index is 0.130. The van der Waals surface area contributed by atoms with Crippen LogP contribution < -0.4 is 0 Å². The van der Waals surface area contributed by atoms with Gasteiger partial charge in [0, 0.05) is 31.7 Å². The zero-order chi connectivity index (χ0) is 15.5. The first-order chi connectivity index (χ1) is 10.7. The fourth-order valence-corrected chi connectivity index (χ4v) is 3.12. The van der Waals surface area contributed by atoms with Crippen LogP contribution in [0.5, 0.6) is 0 Å². The lowest BCUT2D eigenvalue weighted by atomic mass is 10.1. The van der Waals surface area contributed by atoms with Crippen molar-refractivity contribution in [1.82, 2.24) is 4.90 Å². The van der Waals surface area contributed by atoms with E-state index in [2.05, 4.69) is 0 Å². The molecule has 0 aliphatic carbocycles. The molecule has 2 heterocycles. The highest BCUT2D eigenvalue weighted by Crippen LogP contribution is 2.27. The summed E-state index contributed by atoms with van der Waals surface area (Å²) in [4.78, 5) is 14.4. The molecule has 1 amide bonds. The predicted octanol–water partition coefficient (Wildman–Crippen LogP) is 3.91. The van der Waals surface area contributed by atoms with Crippen LogP contribution in [-0.2, 0) is 17.9 Å². The van der Waals surface area contributed by atoms with Crippen LogP contribution in [0.2, 0.25) is 0 Å². The van der Waals surface area contributed by atoms with Crippen molar-refractivity contribution in [3.63, 3.8) is 0 Å². The number of hydrogen-bond donors (Lipinski definition) is 0. The minimum atomic E-state index is -0.130. The Morgan fingerprint density at radius 1 is 1.32 bits per heavy atom. The van der Waals surface area contributed by atoms with E-state index in [4.69, 9.17) is 9.15 Å². The van der Waals surface area contributed by atoms with E-state index in [1.54, 1.807) is 30.4 Å². The third-order valence-corrected chi connectivity index (χ3v) is 4.26. The second kappa shape index (κ2) is 6.34. The van der Waals surface area contributed by atoms with Gasteiger partial charge in [-0.1, -0.05) is 18.2 Å². The average Bonchev–Trinajstić information content (AvgIpc) is 3.15. The van der Waals surface area contributed by atoms with Crippen LogP contribution in [0.25, 0.3) is 11.0 Å². The van der Waals surface area contributed by atoms with Crippen molar-refractivity contribution >= 4 is 28.2 Å². The molecule has 22 heavy (non-hydrogen) atoms. The molecule has 0 atom stereocenters. The maximum atomic E-state index is 12.7. The van der Waals surface area contributed by atoms with Gasteiger partial charge in [-0.25, -0.2) is 0 Å². The van der Waals surface area contributed by atoms with Crippen molar-refractivity contribution in [2.45, 2.75) is 13.2 Å². The molecule has 4 nitrogen and oxygen atoms in total. The van der Waals surface area contributed by atoms with E-state index in [-0.39, 0.29) is 5.91 Å². The highest BCUT2D eigenvalue weighted by molar-refractivity contribution is 7.07. The van der Waals surface area contributed by atoms with Crippen LogP contribution in [0.4, 0.5) is 0 Å². The van der Waals surface area contributed by atoms with Crippen molar-refractivity contribution < 1.29 is 13.9 Å². The number of methoxy groups -OCH3 is 1. The van der Waals surface area contributed by atoms with Gasteiger partial charge in [0.15, 0.2) is 5.76 Å². The van der Waals surface area contributed by atoms with E-state index < -0.39 is 0 Å². The van der Waals surface area contributed by atoms with Crippen LogP contribution in [0, 0.1) is 0 Å². The van der Waals surface area contributed by atoms with E-state index in [9.17, 15) is 4.79 Å². The number of thiophene rings is 1. The average molecular weight is 315 g/mol. The number of ether oxygens (including phenoxy) is 1. The summed E-state index contributed by atoms with van der Waals surface area (Å²) < 4.78 is 11.0. The Morgan fingerprint density at radius 3 is 2.86 bits per heavy atom. The van der Waals surface area contributed by atoms with Gasteiger partial charge in [-0.3, -0.25) is 4.79 Å². The number of amides is 1. The van der Waals surface area contributed by atoms with Crippen molar-refractivity contribution in [2.75, 3.05) is 14.2 Å². The molecule has 0 saturated heterocycles. The maximum Gasteiger partial charge on any atom is 0.290 e. The molecule has 0 bridgehead atoms. The van der Waals surface area contributed by atoms with E-state index in [1.807, 2.05) is 41.1 Å². The third kappa shape index (κ3) is 2.77. The van der Waals surface area contributed by atoms with Crippen molar-refractivity contribution in [2.24, 2.45) is 0 Å². The first-order valence-electron chi connectivity index (χ1n) is 6.96. The zero-order valence-electron chi connectivity index (χ0n) is 12.5. The van der Waals surface area contributed by atoms with E-state index in [1.165, 1.54) is 0 Å². The topological polar surface area (TPSA) is 42.7 Å². The molecule has 3 aromatic rings. The second-order valence-corrected chi connectivity index (χ2v) is 5.91. The lowest BCUT2D eigenvalue weighted by Gasteiger charge is -2.15. The van der Waals surface area contributed by atoms with Crippen LogP contribution in [0.15, 0.2) is 45.5 Å². The Labute approximate surface area is 132 Å². The molecule has 0 unspecified atom stereocenters. The number of nitrogens with zero attached hydrogens (tertiary/aromatic N) is 1. The Bertz CT molecular complexity index is 776. The van der Waals surface area contributed by atoms with Crippen LogP contribution in [-0.4, -0.2) is 25.0 Å². The van der Waals surface area contributed by atoms with Gasteiger partial charge in [0.25, 0.3) is 5.91 Å². The second-order valence-electron chi connectivity index (χ2n) is 5.13. The highest BCUT2D eigenvalue weighted by Gasteiger charge is 2.23. The first kappa shape index (κ1) is 14.8. The van der Waals surface area contributed by atoms with Crippen molar-refractivity contribution in [3.8, 4) is 0 Å². The summed E-state index contributed by atoms with van der Waals surface area (Å²) in [6, 6.07) is 9.65. The number of benzene rings is 1. The number of fused-ring (bicyclic) bond motifs is 1. The monoisotopic (exact) mass is 315 g/mol. The third-order valence-electron chi connectivity index (χ3n) is 3.53. The van der Waals surface area contributed by atoms with Gasteiger partial charge in [0.2, 0.25) is 0 Å². The highest BCUT2D eigenvalue weighted by atomic mass is 32.1. The summed E-state index contributed by atoms with van der Waals surface area (Å²) in [6.45, 7) is 0.913. The van der Waals surface area contributed by atoms with Crippen LogP contribution in [0.3, 0.4) is 0 Å². The summed E-state index contributed by atoms with van der Waals surface area (Å²) in [6.07, 6.45) is 0. The van der Waals surface area contributed by atoms with Gasteiger partial charge in [-0.2, -0.15) is 11.3 Å². The molecule has 0 spiro atoms.